The summed E-state index contributed by atoms with van der Waals surface area (Å²) in [6.45, 7) is -0.273. The summed E-state index contributed by atoms with van der Waals surface area (Å²) in [6, 6.07) is 13.8. The lowest BCUT2D eigenvalue weighted by Gasteiger charge is -2.08. The Kier molecular flexibility index (Phi) is 7.13. The molecule has 0 spiro atoms. The van der Waals surface area contributed by atoms with E-state index < -0.39 is 32.6 Å². The first-order chi connectivity index (χ1) is 17.6. The van der Waals surface area contributed by atoms with Crippen LogP contribution in [0.4, 0.5) is 15.8 Å². The second kappa shape index (κ2) is 10.3. The average molecular weight is 545 g/mol. The minimum absolute atomic E-state index is 0.118. The quantitative estimate of drug-likeness (QED) is 0.213. The van der Waals surface area contributed by atoms with Crippen molar-refractivity contribution in [2.75, 3.05) is 11.8 Å². The van der Waals surface area contributed by atoms with Crippen molar-refractivity contribution in [2.24, 2.45) is 4.99 Å². The van der Waals surface area contributed by atoms with Gasteiger partial charge >= 0.3 is 5.97 Å². The van der Waals surface area contributed by atoms with Crippen molar-refractivity contribution >= 4 is 54.8 Å². The highest BCUT2D eigenvalue weighted by atomic mass is 32.2. The normalized spacial score (nSPS) is 11.9. The Morgan fingerprint density at radius 2 is 1.78 bits per heavy atom. The fourth-order valence-corrected chi connectivity index (χ4v) is 5.39. The van der Waals surface area contributed by atoms with Crippen LogP contribution in [-0.4, -0.2) is 36.9 Å². The molecule has 0 aliphatic carbocycles. The molecule has 4 rings (SSSR count). The lowest BCUT2D eigenvalue weighted by atomic mass is 10.2. The molecule has 0 saturated carbocycles. The number of ether oxygens (including phenoxy) is 1. The lowest BCUT2D eigenvalue weighted by Crippen LogP contribution is -2.22. The van der Waals surface area contributed by atoms with Crippen LogP contribution in [0.2, 0.25) is 0 Å². The maximum Gasteiger partial charge on any atom is 0.325 e. The Hall–Kier alpha value is -4.43. The molecule has 0 atom stereocenters. The van der Waals surface area contributed by atoms with E-state index in [0.29, 0.717) is 10.2 Å². The maximum atomic E-state index is 13.1. The van der Waals surface area contributed by atoms with Gasteiger partial charge in [0, 0.05) is 23.4 Å². The Balaban J connectivity index is 1.64. The van der Waals surface area contributed by atoms with Crippen LogP contribution in [0.3, 0.4) is 0 Å². The van der Waals surface area contributed by atoms with Gasteiger partial charge in [-0.3, -0.25) is 24.4 Å². The Labute approximate surface area is 212 Å². The Bertz CT molecular complexity index is 1690. The van der Waals surface area contributed by atoms with Gasteiger partial charge in [-0.25, -0.2) is 12.8 Å². The molecule has 0 fully saturated rings. The van der Waals surface area contributed by atoms with Crippen LogP contribution in [-0.2, 0) is 26.1 Å². The second-order valence-electron chi connectivity index (χ2n) is 7.51. The number of hydrogen-bond donors (Lipinski definition) is 1. The molecule has 0 bridgehead atoms. The third-order valence-corrected chi connectivity index (χ3v) is 7.54. The first-order valence-electron chi connectivity index (χ1n) is 10.4. The number of thiazole rings is 1. The molecular formula is C23H17FN4O7S2. The molecule has 0 unspecified atom stereocenters. The SMILES string of the molecule is COC(=O)Cn1c(=NC(=O)c2ccc(NS(=O)(=O)c3ccc(F)cc3)cc2)sc2cc([N+](=O)[O-])ccc21. The number of nitrogens with one attached hydrogen (secondary N) is 1. The molecule has 14 heteroatoms. The zero-order valence-electron chi connectivity index (χ0n) is 19.0. The molecule has 1 N–H and O–H groups in total. The van der Waals surface area contributed by atoms with E-state index in [-0.39, 0.29) is 33.2 Å². The molecule has 1 amide bonds. The van der Waals surface area contributed by atoms with Crippen LogP contribution in [0, 0.1) is 15.9 Å². The average Bonchev–Trinajstić information content (AvgIpc) is 3.20. The second-order valence-corrected chi connectivity index (χ2v) is 10.2. The molecule has 0 aliphatic rings. The molecule has 0 aliphatic heterocycles. The van der Waals surface area contributed by atoms with Gasteiger partial charge in [-0.1, -0.05) is 11.3 Å². The number of carbonyl (C=O) groups excluding carboxylic acids is 2. The highest BCUT2D eigenvalue weighted by molar-refractivity contribution is 7.92. The fraction of sp³-hybridized carbons (Fsp3) is 0.0870. The monoisotopic (exact) mass is 544 g/mol. The van der Waals surface area contributed by atoms with Gasteiger partial charge in [0.25, 0.3) is 21.6 Å². The maximum absolute atomic E-state index is 13.1. The molecule has 0 saturated heterocycles. The van der Waals surface area contributed by atoms with Gasteiger partial charge in [0.1, 0.15) is 12.4 Å². The van der Waals surface area contributed by atoms with Crippen molar-refractivity contribution in [1.82, 2.24) is 4.57 Å². The van der Waals surface area contributed by atoms with Crippen molar-refractivity contribution in [3.63, 3.8) is 0 Å². The van der Waals surface area contributed by atoms with E-state index in [1.807, 2.05) is 0 Å². The number of benzene rings is 3. The number of sulfonamides is 1. The summed E-state index contributed by atoms with van der Waals surface area (Å²) in [4.78, 5) is 39.4. The summed E-state index contributed by atoms with van der Waals surface area (Å²) in [7, 11) is -2.77. The number of amides is 1. The highest BCUT2D eigenvalue weighted by Crippen LogP contribution is 2.24. The summed E-state index contributed by atoms with van der Waals surface area (Å²) < 4.78 is 46.9. The van der Waals surface area contributed by atoms with Gasteiger partial charge in [0.2, 0.25) is 0 Å². The van der Waals surface area contributed by atoms with Crippen molar-refractivity contribution in [3.05, 3.63) is 93.0 Å². The number of fused-ring (bicyclic) bond motifs is 1. The van der Waals surface area contributed by atoms with Gasteiger partial charge in [-0.2, -0.15) is 4.99 Å². The predicted molar refractivity (Wildman–Crippen MR) is 132 cm³/mol. The number of nitrogens with zero attached hydrogens (tertiary/aromatic N) is 3. The van der Waals surface area contributed by atoms with Crippen LogP contribution in [0.25, 0.3) is 10.2 Å². The number of hydrogen-bond acceptors (Lipinski definition) is 8. The van der Waals surface area contributed by atoms with Gasteiger partial charge in [0.15, 0.2) is 4.80 Å². The van der Waals surface area contributed by atoms with E-state index in [2.05, 4.69) is 9.71 Å². The summed E-state index contributed by atoms with van der Waals surface area (Å²) >= 11 is 0.985. The zero-order valence-corrected chi connectivity index (χ0v) is 20.6. The van der Waals surface area contributed by atoms with Gasteiger partial charge < -0.3 is 9.30 Å². The van der Waals surface area contributed by atoms with Crippen molar-refractivity contribution in [3.8, 4) is 0 Å². The van der Waals surface area contributed by atoms with Crippen LogP contribution >= 0.6 is 11.3 Å². The topological polar surface area (TPSA) is 150 Å². The van der Waals surface area contributed by atoms with Crippen molar-refractivity contribution in [2.45, 2.75) is 11.4 Å². The number of esters is 1. The smallest absolute Gasteiger partial charge is 0.325 e. The number of nitro groups is 1. The van der Waals surface area contributed by atoms with Crippen molar-refractivity contribution < 1.29 is 32.1 Å². The molecule has 190 valence electrons. The summed E-state index contributed by atoms with van der Waals surface area (Å²) in [6.07, 6.45) is 0. The molecule has 1 heterocycles. The first kappa shape index (κ1) is 25.7. The first-order valence-corrected chi connectivity index (χ1v) is 12.7. The van der Waals surface area contributed by atoms with Gasteiger partial charge in [-0.15, -0.1) is 0 Å². The number of anilines is 1. The Morgan fingerprint density at radius 3 is 2.41 bits per heavy atom. The third kappa shape index (κ3) is 5.70. The number of methoxy groups -OCH3 is 1. The third-order valence-electron chi connectivity index (χ3n) is 5.10. The van der Waals surface area contributed by atoms with E-state index in [1.54, 1.807) is 0 Å². The number of nitro benzene ring substituents is 1. The van der Waals surface area contributed by atoms with Crippen LogP contribution < -0.4 is 9.52 Å². The van der Waals surface area contributed by atoms with Gasteiger partial charge in [0.05, 0.1) is 27.1 Å². The molecule has 37 heavy (non-hydrogen) atoms. The standard InChI is InChI=1S/C23H17FN4O7S2/c1-35-21(29)13-27-19-11-8-17(28(31)32)12-20(19)36-23(27)25-22(30)14-2-6-16(7-3-14)26-37(33,34)18-9-4-15(24)5-10-18/h2-12,26H,13H2,1H3. The van der Waals surface area contributed by atoms with E-state index in [1.165, 1.54) is 54.1 Å². The fourth-order valence-electron chi connectivity index (χ4n) is 3.27. The molecule has 4 aromatic rings. The van der Waals surface area contributed by atoms with Crippen LogP contribution in [0.15, 0.2) is 76.6 Å². The molecule has 1 aromatic heterocycles. The number of aromatic nitrogens is 1. The van der Waals surface area contributed by atoms with E-state index >= 15 is 0 Å². The van der Waals surface area contributed by atoms with Crippen LogP contribution in [0.1, 0.15) is 10.4 Å². The van der Waals surface area contributed by atoms with Crippen molar-refractivity contribution in [1.29, 1.82) is 0 Å². The minimum atomic E-state index is -3.97. The molecule has 0 radical (unpaired) electrons. The van der Waals surface area contributed by atoms with E-state index in [9.17, 15) is 32.5 Å². The number of halogens is 1. The number of non-ortho nitro benzene ring substituents is 1. The summed E-state index contributed by atoms with van der Waals surface area (Å²) in [5.74, 6) is -1.87. The molecule has 11 nitrogen and oxygen atoms in total. The predicted octanol–water partition coefficient (Wildman–Crippen LogP) is 3.47. The Morgan fingerprint density at radius 1 is 1.11 bits per heavy atom. The minimum Gasteiger partial charge on any atom is -0.468 e. The number of carbonyl (C=O) groups is 2. The lowest BCUT2D eigenvalue weighted by molar-refractivity contribution is -0.384. The highest BCUT2D eigenvalue weighted by Gasteiger charge is 2.17. The van der Waals surface area contributed by atoms with E-state index in [4.69, 9.17) is 4.74 Å². The number of rotatable bonds is 7. The van der Waals surface area contributed by atoms with Crippen LogP contribution in [0.5, 0.6) is 0 Å². The van der Waals surface area contributed by atoms with Gasteiger partial charge in [-0.05, 0) is 54.6 Å². The largest absolute Gasteiger partial charge is 0.468 e. The zero-order chi connectivity index (χ0) is 26.7. The summed E-state index contributed by atoms with van der Waals surface area (Å²) in [5, 5.41) is 11.1. The summed E-state index contributed by atoms with van der Waals surface area (Å²) in [5.41, 5.74) is 0.585. The molecule has 3 aromatic carbocycles. The van der Waals surface area contributed by atoms with E-state index in [0.717, 1.165) is 35.6 Å². The molecular weight excluding hydrogens is 527 g/mol.